The summed E-state index contributed by atoms with van der Waals surface area (Å²) in [6, 6.07) is 1.44. The Hall–Kier alpha value is -0.0400. The average molecular weight is 197 g/mol. The van der Waals surface area contributed by atoms with Gasteiger partial charge in [0.05, 0.1) is 0 Å². The van der Waals surface area contributed by atoms with Crippen molar-refractivity contribution in [3.63, 3.8) is 0 Å². The van der Waals surface area contributed by atoms with E-state index in [1.54, 1.807) is 0 Å². The third kappa shape index (κ3) is 2.50. The molecule has 84 valence electrons. The lowest BCUT2D eigenvalue weighted by Gasteiger charge is -2.29. The van der Waals surface area contributed by atoms with Crippen LogP contribution < -0.4 is 5.32 Å². The van der Waals surface area contributed by atoms with E-state index in [9.17, 15) is 0 Å². The molecule has 0 aromatic heterocycles. The fraction of sp³-hybridized carbons (Fsp3) is 1.00. The summed E-state index contributed by atoms with van der Waals surface area (Å²) in [6.07, 6.45) is 3.97. The minimum atomic E-state index is 0.706. The van der Waals surface area contributed by atoms with E-state index >= 15 is 0 Å². The summed E-state index contributed by atoms with van der Waals surface area (Å²) in [7, 11) is 0. The van der Waals surface area contributed by atoms with Crippen molar-refractivity contribution in [3.05, 3.63) is 0 Å². The Kier molecular flexibility index (Phi) is 4.43. The molecule has 1 aliphatic heterocycles. The molecule has 1 fully saturated rings. The second kappa shape index (κ2) is 5.16. The highest BCUT2D eigenvalue weighted by Gasteiger charge is 2.31. The van der Waals surface area contributed by atoms with Gasteiger partial charge in [0, 0.05) is 12.1 Å². The van der Waals surface area contributed by atoms with Crippen molar-refractivity contribution in [2.75, 3.05) is 0 Å². The van der Waals surface area contributed by atoms with Gasteiger partial charge in [-0.2, -0.15) is 0 Å². The van der Waals surface area contributed by atoms with Crippen molar-refractivity contribution >= 4 is 0 Å². The molecule has 14 heavy (non-hydrogen) atoms. The van der Waals surface area contributed by atoms with Crippen molar-refractivity contribution in [3.8, 4) is 0 Å². The van der Waals surface area contributed by atoms with Gasteiger partial charge in [0.1, 0.15) is 0 Å². The Labute approximate surface area is 89.7 Å². The molecular formula is C13H27N. The third-order valence-electron chi connectivity index (χ3n) is 4.33. The van der Waals surface area contributed by atoms with Crippen LogP contribution in [0.4, 0.5) is 0 Å². The molecule has 0 aromatic rings. The molecule has 1 rings (SSSR count). The summed E-state index contributed by atoms with van der Waals surface area (Å²) < 4.78 is 0. The molecule has 0 radical (unpaired) electrons. The lowest BCUT2D eigenvalue weighted by molar-refractivity contribution is 0.233. The van der Waals surface area contributed by atoms with Gasteiger partial charge in [-0.3, -0.25) is 0 Å². The fourth-order valence-electron chi connectivity index (χ4n) is 3.08. The van der Waals surface area contributed by atoms with E-state index in [0.29, 0.717) is 6.04 Å². The fourth-order valence-corrected chi connectivity index (χ4v) is 3.08. The second-order valence-electron chi connectivity index (χ2n) is 5.20. The number of hydrogen-bond acceptors (Lipinski definition) is 1. The predicted octanol–water partition coefficient (Wildman–Crippen LogP) is 3.45. The number of nitrogens with one attached hydrogen (secondary N) is 1. The SMILES string of the molecule is CCC1CC(C)NC(CC)C(C)C1C. The van der Waals surface area contributed by atoms with Crippen molar-refractivity contribution in [1.82, 2.24) is 5.32 Å². The quantitative estimate of drug-likeness (QED) is 0.715. The van der Waals surface area contributed by atoms with E-state index < -0.39 is 0 Å². The lowest BCUT2D eigenvalue weighted by atomic mass is 9.78. The standard InChI is InChI=1S/C13H27N/c1-6-12-8-9(3)14-13(7-2)11(5)10(12)4/h9-14H,6-8H2,1-5H3. The Balaban J connectivity index is 2.72. The normalized spacial score (nSPS) is 44.8. The van der Waals surface area contributed by atoms with Gasteiger partial charge in [-0.25, -0.2) is 0 Å². The highest BCUT2D eigenvalue weighted by molar-refractivity contribution is 4.87. The second-order valence-corrected chi connectivity index (χ2v) is 5.20. The zero-order valence-electron chi connectivity index (χ0n) is 10.5. The summed E-state index contributed by atoms with van der Waals surface area (Å²) in [5, 5.41) is 3.77. The zero-order chi connectivity index (χ0) is 10.7. The van der Waals surface area contributed by atoms with Crippen LogP contribution in [0.5, 0.6) is 0 Å². The van der Waals surface area contributed by atoms with E-state index in [0.717, 1.165) is 23.8 Å². The van der Waals surface area contributed by atoms with E-state index in [1.165, 1.54) is 19.3 Å². The Bertz CT molecular complexity index is 149. The molecule has 1 heteroatoms. The Morgan fingerprint density at radius 1 is 1.00 bits per heavy atom. The highest BCUT2D eigenvalue weighted by Crippen LogP contribution is 2.33. The summed E-state index contributed by atoms with van der Waals surface area (Å²) in [4.78, 5) is 0. The van der Waals surface area contributed by atoms with Crippen LogP contribution in [0, 0.1) is 17.8 Å². The summed E-state index contributed by atoms with van der Waals surface area (Å²) >= 11 is 0. The van der Waals surface area contributed by atoms with Crippen LogP contribution in [-0.2, 0) is 0 Å². The summed E-state index contributed by atoms with van der Waals surface area (Å²) in [6.45, 7) is 11.9. The molecule has 0 aliphatic carbocycles. The van der Waals surface area contributed by atoms with Crippen LogP contribution in [0.15, 0.2) is 0 Å². The van der Waals surface area contributed by atoms with Gasteiger partial charge in [0.15, 0.2) is 0 Å². The molecule has 5 atom stereocenters. The highest BCUT2D eigenvalue weighted by atomic mass is 15.0. The van der Waals surface area contributed by atoms with Gasteiger partial charge in [-0.1, -0.05) is 34.1 Å². The van der Waals surface area contributed by atoms with Gasteiger partial charge in [-0.05, 0) is 37.5 Å². The molecule has 0 amide bonds. The van der Waals surface area contributed by atoms with E-state index in [2.05, 4.69) is 39.9 Å². The topological polar surface area (TPSA) is 12.0 Å². The van der Waals surface area contributed by atoms with Gasteiger partial charge >= 0.3 is 0 Å². The Morgan fingerprint density at radius 3 is 2.14 bits per heavy atom. The molecule has 0 aromatic carbocycles. The molecule has 1 aliphatic rings. The monoisotopic (exact) mass is 197 g/mol. The first kappa shape index (κ1) is 12.0. The first-order chi connectivity index (χ1) is 6.60. The maximum atomic E-state index is 3.77. The van der Waals surface area contributed by atoms with Crippen LogP contribution in [0.1, 0.15) is 53.9 Å². The number of hydrogen-bond donors (Lipinski definition) is 1. The van der Waals surface area contributed by atoms with E-state index in [-0.39, 0.29) is 0 Å². The minimum absolute atomic E-state index is 0.706. The van der Waals surface area contributed by atoms with E-state index in [4.69, 9.17) is 0 Å². The predicted molar refractivity (Wildman–Crippen MR) is 63.4 cm³/mol. The maximum Gasteiger partial charge on any atom is 0.00951 e. The summed E-state index contributed by atoms with van der Waals surface area (Å²) in [5.41, 5.74) is 0. The molecule has 5 unspecified atom stereocenters. The molecule has 0 spiro atoms. The van der Waals surface area contributed by atoms with E-state index in [1.807, 2.05) is 0 Å². The minimum Gasteiger partial charge on any atom is -0.311 e. The molecule has 1 saturated heterocycles. The molecule has 1 nitrogen and oxygen atoms in total. The lowest BCUT2D eigenvalue weighted by Crippen LogP contribution is -2.39. The zero-order valence-corrected chi connectivity index (χ0v) is 10.5. The van der Waals surface area contributed by atoms with Crippen LogP contribution in [0.2, 0.25) is 0 Å². The van der Waals surface area contributed by atoms with Crippen LogP contribution in [0.3, 0.4) is 0 Å². The van der Waals surface area contributed by atoms with Crippen molar-refractivity contribution in [2.24, 2.45) is 17.8 Å². The van der Waals surface area contributed by atoms with Crippen molar-refractivity contribution in [1.29, 1.82) is 0 Å². The van der Waals surface area contributed by atoms with Crippen molar-refractivity contribution < 1.29 is 0 Å². The van der Waals surface area contributed by atoms with Crippen LogP contribution in [0.25, 0.3) is 0 Å². The van der Waals surface area contributed by atoms with Gasteiger partial charge in [0.25, 0.3) is 0 Å². The van der Waals surface area contributed by atoms with Crippen molar-refractivity contribution in [2.45, 2.75) is 66.0 Å². The first-order valence-corrected chi connectivity index (χ1v) is 6.36. The van der Waals surface area contributed by atoms with Crippen LogP contribution in [-0.4, -0.2) is 12.1 Å². The largest absolute Gasteiger partial charge is 0.311 e. The third-order valence-corrected chi connectivity index (χ3v) is 4.33. The molecule has 1 heterocycles. The average Bonchev–Trinajstić information content (AvgIpc) is 2.29. The molecule has 0 bridgehead atoms. The Morgan fingerprint density at radius 2 is 1.64 bits per heavy atom. The van der Waals surface area contributed by atoms with Gasteiger partial charge < -0.3 is 5.32 Å². The first-order valence-electron chi connectivity index (χ1n) is 6.36. The number of rotatable bonds is 2. The van der Waals surface area contributed by atoms with Crippen LogP contribution >= 0.6 is 0 Å². The smallest absolute Gasteiger partial charge is 0.00951 e. The van der Waals surface area contributed by atoms with Gasteiger partial charge in [-0.15, -0.1) is 0 Å². The molecule has 0 saturated carbocycles. The van der Waals surface area contributed by atoms with Gasteiger partial charge in [0.2, 0.25) is 0 Å². The molecular weight excluding hydrogens is 170 g/mol. The summed E-state index contributed by atoms with van der Waals surface area (Å²) in [5.74, 6) is 2.63. The molecule has 1 N–H and O–H groups in total. The maximum absolute atomic E-state index is 3.77.